The van der Waals surface area contributed by atoms with Gasteiger partial charge in [-0.15, -0.1) is 0 Å². The molecule has 0 aliphatic carbocycles. The van der Waals surface area contributed by atoms with E-state index in [9.17, 15) is 8.42 Å². The van der Waals surface area contributed by atoms with Gasteiger partial charge in [-0.1, -0.05) is 6.42 Å². The lowest BCUT2D eigenvalue weighted by atomic mass is 10.2. The molecule has 1 heterocycles. The second-order valence-electron chi connectivity index (χ2n) is 4.72. The van der Waals surface area contributed by atoms with Gasteiger partial charge in [0.2, 0.25) is 0 Å². The molecule has 0 unspecified atom stereocenters. The highest BCUT2D eigenvalue weighted by Gasteiger charge is 2.29. The summed E-state index contributed by atoms with van der Waals surface area (Å²) in [6, 6.07) is 6.95. The first kappa shape index (κ1) is 14.1. The lowest BCUT2D eigenvalue weighted by Gasteiger charge is -2.32. The Kier molecular flexibility index (Phi) is 4.31. The topological polar surface area (TPSA) is 66.6 Å². The van der Waals surface area contributed by atoms with E-state index in [0.717, 1.165) is 19.3 Å². The van der Waals surface area contributed by atoms with E-state index in [-0.39, 0.29) is 0 Å². The van der Waals surface area contributed by atoms with Crippen LogP contribution < -0.4 is 10.0 Å². The van der Waals surface area contributed by atoms with Crippen molar-refractivity contribution in [3.8, 4) is 0 Å². The molecule has 5 nitrogen and oxygen atoms in total. The summed E-state index contributed by atoms with van der Waals surface area (Å²) in [4.78, 5) is 0. The second-order valence-corrected chi connectivity index (χ2v) is 6.58. The largest absolute Gasteiger partial charge is 0.399 e. The van der Waals surface area contributed by atoms with Gasteiger partial charge in [-0.25, -0.2) is 0 Å². The standard InChI is InChI=1S/C13H21N3O2S/c1-2-16(13-8-6-12(14)7-9-13)19(17,18)15-10-4-3-5-11-15/h6-9H,2-5,10-11,14H2,1H3. The summed E-state index contributed by atoms with van der Waals surface area (Å²) in [6.07, 6.45) is 3.00. The predicted octanol–water partition coefficient (Wildman–Crippen LogP) is 1.83. The number of nitrogens with two attached hydrogens (primary N) is 1. The van der Waals surface area contributed by atoms with Gasteiger partial charge in [0.15, 0.2) is 0 Å². The Morgan fingerprint density at radius 2 is 1.74 bits per heavy atom. The summed E-state index contributed by atoms with van der Waals surface area (Å²) in [6.45, 7) is 3.50. The molecule has 6 heteroatoms. The minimum atomic E-state index is -3.41. The van der Waals surface area contributed by atoms with Gasteiger partial charge >= 0.3 is 10.2 Å². The number of hydrogen-bond acceptors (Lipinski definition) is 3. The quantitative estimate of drug-likeness (QED) is 0.857. The molecule has 106 valence electrons. The smallest absolute Gasteiger partial charge is 0.304 e. The predicted molar refractivity (Wildman–Crippen MR) is 78.2 cm³/mol. The lowest BCUT2D eigenvalue weighted by Crippen LogP contribution is -2.46. The number of nitrogen functional groups attached to an aromatic ring is 1. The number of rotatable bonds is 4. The van der Waals surface area contributed by atoms with Crippen molar-refractivity contribution in [2.45, 2.75) is 26.2 Å². The van der Waals surface area contributed by atoms with Crippen molar-refractivity contribution < 1.29 is 8.42 Å². The van der Waals surface area contributed by atoms with Gasteiger partial charge in [0.1, 0.15) is 0 Å². The van der Waals surface area contributed by atoms with E-state index in [1.54, 1.807) is 28.6 Å². The third kappa shape index (κ3) is 3.01. The van der Waals surface area contributed by atoms with Crippen LogP contribution in [0.25, 0.3) is 0 Å². The van der Waals surface area contributed by atoms with Gasteiger partial charge < -0.3 is 5.73 Å². The number of benzene rings is 1. The molecule has 19 heavy (non-hydrogen) atoms. The molecule has 1 aliphatic rings. The molecule has 0 bridgehead atoms. The van der Waals surface area contributed by atoms with Gasteiger partial charge in [0.25, 0.3) is 0 Å². The van der Waals surface area contributed by atoms with Gasteiger partial charge in [-0.05, 0) is 44.0 Å². The summed E-state index contributed by atoms with van der Waals surface area (Å²) in [5.41, 5.74) is 6.94. The van der Waals surface area contributed by atoms with Crippen molar-refractivity contribution in [2.24, 2.45) is 0 Å². The molecule has 0 atom stereocenters. The summed E-state index contributed by atoms with van der Waals surface area (Å²) >= 11 is 0. The van der Waals surface area contributed by atoms with Crippen LogP contribution in [0.5, 0.6) is 0 Å². The Morgan fingerprint density at radius 1 is 1.16 bits per heavy atom. The fourth-order valence-corrected chi connectivity index (χ4v) is 4.07. The van der Waals surface area contributed by atoms with Crippen LogP contribution in [-0.2, 0) is 10.2 Å². The highest BCUT2D eigenvalue weighted by molar-refractivity contribution is 7.90. The molecule has 1 fully saturated rings. The number of nitrogens with zero attached hydrogens (tertiary/aromatic N) is 2. The van der Waals surface area contributed by atoms with Crippen molar-refractivity contribution in [3.05, 3.63) is 24.3 Å². The summed E-state index contributed by atoms with van der Waals surface area (Å²) in [7, 11) is -3.41. The first-order valence-electron chi connectivity index (χ1n) is 6.69. The Morgan fingerprint density at radius 3 is 2.26 bits per heavy atom. The average Bonchev–Trinajstić information content (AvgIpc) is 2.42. The Bertz CT molecular complexity index is 507. The van der Waals surface area contributed by atoms with E-state index in [0.29, 0.717) is 31.0 Å². The van der Waals surface area contributed by atoms with Crippen molar-refractivity contribution in [1.29, 1.82) is 0 Å². The molecule has 1 aromatic carbocycles. The van der Waals surface area contributed by atoms with Gasteiger partial charge in [0.05, 0.1) is 5.69 Å². The molecular weight excluding hydrogens is 262 g/mol. The molecule has 1 aliphatic heterocycles. The van der Waals surface area contributed by atoms with Crippen LogP contribution >= 0.6 is 0 Å². The first-order chi connectivity index (χ1) is 9.05. The fraction of sp³-hybridized carbons (Fsp3) is 0.538. The Hall–Kier alpha value is -1.27. The molecule has 0 radical (unpaired) electrons. The van der Waals surface area contributed by atoms with E-state index in [4.69, 9.17) is 5.73 Å². The van der Waals surface area contributed by atoms with Crippen molar-refractivity contribution in [3.63, 3.8) is 0 Å². The summed E-state index contributed by atoms with van der Waals surface area (Å²) < 4.78 is 28.3. The van der Waals surface area contributed by atoms with Crippen LogP contribution in [0.3, 0.4) is 0 Å². The molecule has 2 N–H and O–H groups in total. The second kappa shape index (κ2) is 5.79. The highest BCUT2D eigenvalue weighted by Crippen LogP contribution is 2.23. The normalized spacial score (nSPS) is 17.3. The van der Waals surface area contributed by atoms with E-state index >= 15 is 0 Å². The van der Waals surface area contributed by atoms with Gasteiger partial charge in [0, 0.05) is 25.3 Å². The minimum absolute atomic E-state index is 0.419. The molecule has 0 amide bonds. The molecule has 1 aromatic rings. The maximum atomic E-state index is 12.6. The zero-order valence-electron chi connectivity index (χ0n) is 11.2. The lowest BCUT2D eigenvalue weighted by molar-refractivity contribution is 0.345. The van der Waals surface area contributed by atoms with Crippen molar-refractivity contribution in [2.75, 3.05) is 29.7 Å². The SMILES string of the molecule is CCN(c1ccc(N)cc1)S(=O)(=O)N1CCCCC1. The molecule has 0 saturated carbocycles. The average molecular weight is 283 g/mol. The van der Waals surface area contributed by atoms with E-state index in [1.807, 2.05) is 6.92 Å². The van der Waals surface area contributed by atoms with Crippen LogP contribution in [0.1, 0.15) is 26.2 Å². The molecule has 1 saturated heterocycles. The van der Waals surface area contributed by atoms with E-state index < -0.39 is 10.2 Å². The highest BCUT2D eigenvalue weighted by atomic mass is 32.2. The molecular formula is C13H21N3O2S. The third-order valence-corrected chi connectivity index (χ3v) is 5.43. The third-order valence-electron chi connectivity index (χ3n) is 3.39. The van der Waals surface area contributed by atoms with Crippen LogP contribution in [-0.4, -0.2) is 32.4 Å². The zero-order valence-corrected chi connectivity index (χ0v) is 12.1. The maximum absolute atomic E-state index is 12.6. The molecule has 0 aromatic heterocycles. The Balaban J connectivity index is 2.27. The van der Waals surface area contributed by atoms with Crippen LogP contribution in [0.4, 0.5) is 11.4 Å². The van der Waals surface area contributed by atoms with E-state index in [1.165, 1.54) is 4.31 Å². The monoisotopic (exact) mass is 283 g/mol. The number of hydrogen-bond donors (Lipinski definition) is 1. The first-order valence-corrected chi connectivity index (χ1v) is 8.08. The fourth-order valence-electron chi connectivity index (χ4n) is 2.35. The van der Waals surface area contributed by atoms with Crippen molar-refractivity contribution >= 4 is 21.6 Å². The van der Waals surface area contributed by atoms with Crippen LogP contribution in [0, 0.1) is 0 Å². The molecule has 2 rings (SSSR count). The van der Waals surface area contributed by atoms with Gasteiger partial charge in [-0.3, -0.25) is 4.31 Å². The van der Waals surface area contributed by atoms with Crippen LogP contribution in [0.2, 0.25) is 0 Å². The van der Waals surface area contributed by atoms with Crippen LogP contribution in [0.15, 0.2) is 24.3 Å². The molecule has 0 spiro atoms. The van der Waals surface area contributed by atoms with E-state index in [2.05, 4.69) is 0 Å². The van der Waals surface area contributed by atoms with Gasteiger partial charge in [-0.2, -0.15) is 12.7 Å². The number of piperidine rings is 1. The zero-order chi connectivity index (χ0) is 13.9. The number of anilines is 2. The summed E-state index contributed by atoms with van der Waals surface area (Å²) in [5, 5.41) is 0. The maximum Gasteiger partial charge on any atom is 0.304 e. The summed E-state index contributed by atoms with van der Waals surface area (Å²) in [5.74, 6) is 0. The Labute approximate surface area is 115 Å². The minimum Gasteiger partial charge on any atom is -0.399 e. The van der Waals surface area contributed by atoms with Crippen molar-refractivity contribution in [1.82, 2.24) is 4.31 Å².